The lowest BCUT2D eigenvalue weighted by Gasteiger charge is -2.35. The second-order valence-corrected chi connectivity index (χ2v) is 13.1. The van der Waals surface area contributed by atoms with Crippen LogP contribution in [-0.4, -0.2) is 32.6 Å². The molecule has 0 spiro atoms. The molecule has 2 aliphatic heterocycles. The Balaban J connectivity index is 1.08. The van der Waals surface area contributed by atoms with Crippen molar-refractivity contribution in [3.8, 4) is 11.4 Å². The van der Waals surface area contributed by atoms with Gasteiger partial charge in [0.2, 0.25) is 5.60 Å². The van der Waals surface area contributed by atoms with E-state index in [9.17, 15) is 19.2 Å². The smallest absolute Gasteiger partial charge is 0.355 e. The molecular formula is C38H48N2O7. The van der Waals surface area contributed by atoms with Gasteiger partial charge in [-0.05, 0) is 37.5 Å². The Hall–Kier alpha value is -4.01. The van der Waals surface area contributed by atoms with Gasteiger partial charge >= 0.3 is 17.9 Å². The molecule has 0 radical (unpaired) electrons. The van der Waals surface area contributed by atoms with E-state index >= 15 is 0 Å². The molecule has 0 unspecified atom stereocenters. The average Bonchev–Trinajstić information content (AvgIpc) is 3.42. The number of pyridine rings is 2. The van der Waals surface area contributed by atoms with Crippen LogP contribution in [0.1, 0.15) is 133 Å². The Labute approximate surface area is 276 Å². The Bertz CT molecular complexity index is 1640. The normalized spacial score (nSPS) is 16.4. The van der Waals surface area contributed by atoms with Crippen molar-refractivity contribution in [2.45, 2.75) is 135 Å². The number of rotatable bonds is 19. The van der Waals surface area contributed by atoms with Crippen LogP contribution in [0.2, 0.25) is 0 Å². The molecule has 3 aromatic rings. The van der Waals surface area contributed by atoms with Crippen molar-refractivity contribution in [3.05, 3.63) is 63.4 Å². The van der Waals surface area contributed by atoms with Gasteiger partial charge < -0.3 is 19.1 Å². The summed E-state index contributed by atoms with van der Waals surface area (Å²) in [5.41, 5.74) is 1.97. The molecule has 1 atom stereocenters. The van der Waals surface area contributed by atoms with Crippen molar-refractivity contribution in [2.24, 2.45) is 0 Å². The van der Waals surface area contributed by atoms with Crippen LogP contribution in [0.3, 0.4) is 0 Å². The third-order valence-electron chi connectivity index (χ3n) is 9.69. The maximum absolute atomic E-state index is 13.7. The maximum atomic E-state index is 13.7. The molecule has 0 aliphatic carbocycles. The summed E-state index contributed by atoms with van der Waals surface area (Å²) >= 11 is 0. The van der Waals surface area contributed by atoms with E-state index in [1.54, 1.807) is 11.5 Å². The number of cyclic esters (lactones) is 1. The predicted octanol–water partition coefficient (Wildman–Crippen LogP) is 7.96. The van der Waals surface area contributed by atoms with Crippen LogP contribution in [0, 0.1) is 0 Å². The average molecular weight is 645 g/mol. The summed E-state index contributed by atoms with van der Waals surface area (Å²) < 4.78 is 13.1. The van der Waals surface area contributed by atoms with Gasteiger partial charge in [0.15, 0.2) is 0 Å². The minimum atomic E-state index is -1.65. The highest BCUT2D eigenvalue weighted by Crippen LogP contribution is 2.41. The van der Waals surface area contributed by atoms with E-state index in [4.69, 9.17) is 19.6 Å². The molecule has 252 valence electrons. The molecule has 0 bridgehead atoms. The highest BCUT2D eigenvalue weighted by atomic mass is 16.6. The Morgan fingerprint density at radius 3 is 2.09 bits per heavy atom. The van der Waals surface area contributed by atoms with Crippen LogP contribution in [-0.2, 0) is 42.6 Å². The number of benzene rings is 1. The van der Waals surface area contributed by atoms with Crippen LogP contribution in [0.5, 0.6) is 0 Å². The van der Waals surface area contributed by atoms with Gasteiger partial charge in [0.1, 0.15) is 6.61 Å². The van der Waals surface area contributed by atoms with Crippen molar-refractivity contribution < 1.29 is 29.0 Å². The molecular weight excluding hydrogens is 596 g/mol. The Morgan fingerprint density at radius 2 is 1.47 bits per heavy atom. The summed E-state index contributed by atoms with van der Waals surface area (Å²) in [5.74, 6) is -1.79. The van der Waals surface area contributed by atoms with E-state index in [-0.39, 0.29) is 31.4 Å². The molecule has 0 saturated heterocycles. The zero-order valence-electron chi connectivity index (χ0n) is 27.7. The quantitative estimate of drug-likeness (QED) is 0.0805. The first kappa shape index (κ1) is 34.3. The first-order valence-corrected chi connectivity index (χ1v) is 17.6. The number of ether oxygens (including phenoxy) is 2. The SMILES string of the molecule is CC[C@@]1(OC(=O)CCCCCCCCCCCCCCCCC(=O)O)C(=O)OCc2c1cc1n(c2=O)Cc2cc3ccccc3nc2-1. The van der Waals surface area contributed by atoms with Gasteiger partial charge in [-0.15, -0.1) is 0 Å². The van der Waals surface area contributed by atoms with Gasteiger partial charge in [-0.1, -0.05) is 102 Å². The molecule has 47 heavy (non-hydrogen) atoms. The molecule has 0 fully saturated rings. The summed E-state index contributed by atoms with van der Waals surface area (Å²) in [5, 5.41) is 9.67. The fraction of sp³-hybridized carbons (Fsp3) is 0.553. The molecule has 0 amide bonds. The number of fused-ring (bicyclic) bond motifs is 5. The number of aromatic nitrogens is 2. The van der Waals surface area contributed by atoms with Gasteiger partial charge in [-0.2, -0.15) is 0 Å². The van der Waals surface area contributed by atoms with Crippen LogP contribution in [0.25, 0.3) is 22.3 Å². The van der Waals surface area contributed by atoms with E-state index in [1.165, 1.54) is 44.9 Å². The Morgan fingerprint density at radius 1 is 0.872 bits per heavy atom. The van der Waals surface area contributed by atoms with Crippen molar-refractivity contribution in [2.75, 3.05) is 0 Å². The highest BCUT2D eigenvalue weighted by molar-refractivity contribution is 5.88. The van der Waals surface area contributed by atoms with E-state index in [0.717, 1.165) is 55.0 Å². The van der Waals surface area contributed by atoms with E-state index in [1.807, 2.05) is 30.3 Å². The van der Waals surface area contributed by atoms with Crippen LogP contribution in [0.15, 0.2) is 41.2 Å². The second-order valence-electron chi connectivity index (χ2n) is 13.1. The molecule has 1 aromatic carbocycles. The molecule has 2 aliphatic rings. The van der Waals surface area contributed by atoms with E-state index in [2.05, 4.69) is 6.07 Å². The first-order valence-electron chi connectivity index (χ1n) is 17.6. The zero-order chi connectivity index (χ0) is 33.2. The molecule has 1 N–H and O–H groups in total. The zero-order valence-corrected chi connectivity index (χ0v) is 27.7. The van der Waals surface area contributed by atoms with Gasteiger partial charge in [0.25, 0.3) is 5.56 Å². The minimum absolute atomic E-state index is 0.144. The number of carboxylic acid groups (broad SMARTS) is 1. The number of carbonyl (C=O) groups excluding carboxylic acids is 2. The number of hydrogen-bond acceptors (Lipinski definition) is 7. The largest absolute Gasteiger partial charge is 0.481 e. The number of carboxylic acids is 1. The van der Waals surface area contributed by atoms with Crippen LogP contribution in [0.4, 0.5) is 0 Å². The molecule has 4 heterocycles. The summed E-state index contributed by atoms with van der Waals surface area (Å²) in [6, 6.07) is 11.7. The van der Waals surface area contributed by atoms with Crippen molar-refractivity contribution in [1.82, 2.24) is 9.55 Å². The summed E-state index contributed by atoms with van der Waals surface area (Å²) in [6.45, 7) is 2.02. The number of hydrogen-bond donors (Lipinski definition) is 1. The molecule has 9 heteroatoms. The first-order chi connectivity index (χ1) is 22.8. The lowest BCUT2D eigenvalue weighted by molar-refractivity contribution is -0.189. The number of para-hydroxylation sites is 1. The Kier molecular flexibility index (Phi) is 11.8. The monoisotopic (exact) mass is 644 g/mol. The molecule has 2 aromatic heterocycles. The maximum Gasteiger partial charge on any atom is 0.355 e. The highest BCUT2D eigenvalue weighted by Gasteiger charge is 2.50. The lowest BCUT2D eigenvalue weighted by atomic mass is 9.85. The standard InChI is InChI=1S/C38H48N2O7/c1-2-38(47-34(43)22-16-14-12-10-8-6-4-3-5-7-9-11-13-15-21-33(41)42)30-24-32-35-28(23-27-19-17-18-20-31(27)39-35)25-40(32)36(44)29(30)26-46-37(38)45/h17-20,23-24H,2-16,21-22,25-26H2,1H3,(H,41,42)/t38-/m0/s1. The summed E-state index contributed by atoms with van der Waals surface area (Å²) in [6.07, 6.45) is 16.0. The number of nitrogens with zero attached hydrogens (tertiary/aromatic N) is 2. The lowest BCUT2D eigenvalue weighted by Crippen LogP contribution is -2.47. The number of carbonyl (C=O) groups is 3. The molecule has 5 rings (SSSR count). The van der Waals surface area contributed by atoms with Gasteiger partial charge in [-0.25, -0.2) is 9.78 Å². The van der Waals surface area contributed by atoms with E-state index < -0.39 is 23.5 Å². The van der Waals surface area contributed by atoms with Gasteiger partial charge in [0.05, 0.1) is 29.0 Å². The fourth-order valence-corrected chi connectivity index (χ4v) is 6.99. The minimum Gasteiger partial charge on any atom is -0.481 e. The van der Waals surface area contributed by atoms with Gasteiger partial charge in [-0.3, -0.25) is 14.4 Å². The van der Waals surface area contributed by atoms with Crippen LogP contribution >= 0.6 is 0 Å². The molecule has 0 saturated carbocycles. The predicted molar refractivity (Wildman–Crippen MR) is 180 cm³/mol. The number of esters is 2. The second kappa shape index (κ2) is 16.2. The fourth-order valence-electron chi connectivity index (χ4n) is 6.99. The summed E-state index contributed by atoms with van der Waals surface area (Å²) in [4.78, 5) is 55.5. The molecule has 9 nitrogen and oxygen atoms in total. The van der Waals surface area contributed by atoms with Gasteiger partial charge in [0, 0.05) is 29.4 Å². The van der Waals surface area contributed by atoms with Crippen molar-refractivity contribution in [3.63, 3.8) is 0 Å². The third-order valence-corrected chi connectivity index (χ3v) is 9.69. The van der Waals surface area contributed by atoms with Crippen molar-refractivity contribution >= 4 is 28.8 Å². The summed E-state index contributed by atoms with van der Waals surface area (Å²) in [7, 11) is 0. The number of unbranched alkanes of at least 4 members (excludes halogenated alkanes) is 13. The third kappa shape index (κ3) is 8.11. The topological polar surface area (TPSA) is 125 Å². The number of aliphatic carboxylic acids is 1. The van der Waals surface area contributed by atoms with Crippen LogP contribution < -0.4 is 5.56 Å². The van der Waals surface area contributed by atoms with E-state index in [0.29, 0.717) is 35.5 Å². The van der Waals surface area contributed by atoms with Crippen molar-refractivity contribution in [1.29, 1.82) is 0 Å².